The molecule has 0 amide bonds. The van der Waals surface area contributed by atoms with Gasteiger partial charge in [-0.1, -0.05) is 29.5 Å². The second-order valence-electron chi connectivity index (χ2n) is 2.33. The van der Waals surface area contributed by atoms with Crippen LogP contribution >= 0.6 is 22.6 Å². The molecule has 0 bridgehead atoms. The summed E-state index contributed by atoms with van der Waals surface area (Å²) >= 11 is 2.18. The van der Waals surface area contributed by atoms with Gasteiger partial charge < -0.3 is 0 Å². The molecule has 0 rings (SSSR count). The van der Waals surface area contributed by atoms with Crippen LogP contribution in [0.3, 0.4) is 0 Å². The molecule has 5 heteroatoms. The van der Waals surface area contributed by atoms with Crippen molar-refractivity contribution in [2.24, 2.45) is 5.92 Å². The normalized spacial score (nSPS) is 15.1. The Kier molecular flexibility index (Phi) is 4.79. The average Bonchev–Trinajstić information content (AvgIpc) is 1.59. The van der Waals surface area contributed by atoms with Crippen LogP contribution < -0.4 is 0 Å². The fourth-order valence-electron chi connectivity index (χ4n) is 0.629. The number of rotatable bonds is 4. The van der Waals surface area contributed by atoms with E-state index in [1.54, 1.807) is 0 Å². The monoisotopic (exact) mass is 278 g/mol. The number of hydrogen-bond donors (Lipinski definition) is 1. The van der Waals surface area contributed by atoms with Crippen LogP contribution in [-0.4, -0.2) is 23.2 Å². The second-order valence-corrected chi connectivity index (χ2v) is 4.91. The summed E-state index contributed by atoms with van der Waals surface area (Å²) < 4.78 is 29.8. The Morgan fingerprint density at radius 1 is 1.60 bits per heavy atom. The fraction of sp³-hybridized carbons (Fsp3) is 1.00. The van der Waals surface area contributed by atoms with Gasteiger partial charge in [-0.25, -0.2) is 0 Å². The second kappa shape index (κ2) is 4.50. The molecule has 0 heterocycles. The minimum Gasteiger partial charge on any atom is -0.286 e. The number of halogens is 1. The summed E-state index contributed by atoms with van der Waals surface area (Å²) in [5, 5.41) is 0. The topological polar surface area (TPSA) is 54.4 Å². The summed E-state index contributed by atoms with van der Waals surface area (Å²) in [6.07, 6.45) is 0.834. The lowest BCUT2D eigenvalue weighted by Crippen LogP contribution is -2.12. The first-order chi connectivity index (χ1) is 4.45. The summed E-state index contributed by atoms with van der Waals surface area (Å²) in [5.41, 5.74) is 0. The van der Waals surface area contributed by atoms with Crippen molar-refractivity contribution in [1.82, 2.24) is 0 Å². The Balaban J connectivity index is 3.69. The van der Waals surface area contributed by atoms with Crippen LogP contribution in [0.15, 0.2) is 0 Å². The highest BCUT2D eigenvalue weighted by molar-refractivity contribution is 14.1. The van der Waals surface area contributed by atoms with Crippen LogP contribution in [0.25, 0.3) is 0 Å². The van der Waals surface area contributed by atoms with Crippen molar-refractivity contribution in [3.63, 3.8) is 0 Å². The lowest BCUT2D eigenvalue weighted by atomic mass is 10.2. The van der Waals surface area contributed by atoms with E-state index in [2.05, 4.69) is 22.6 Å². The minimum absolute atomic E-state index is 0.0619. The molecule has 3 nitrogen and oxygen atoms in total. The molecule has 0 aromatic rings. The smallest absolute Gasteiger partial charge is 0.265 e. The molecular weight excluding hydrogens is 267 g/mol. The van der Waals surface area contributed by atoms with Crippen molar-refractivity contribution in [3.05, 3.63) is 0 Å². The van der Waals surface area contributed by atoms with Crippen LogP contribution in [0.1, 0.15) is 13.3 Å². The van der Waals surface area contributed by atoms with Crippen LogP contribution in [-0.2, 0) is 10.1 Å². The molecule has 0 spiro atoms. The van der Waals surface area contributed by atoms with Gasteiger partial charge in [0.25, 0.3) is 10.1 Å². The summed E-state index contributed by atoms with van der Waals surface area (Å²) in [7, 11) is -3.75. The van der Waals surface area contributed by atoms with Crippen molar-refractivity contribution in [2.45, 2.75) is 13.3 Å². The maximum atomic E-state index is 10.3. The minimum atomic E-state index is -3.75. The van der Waals surface area contributed by atoms with Gasteiger partial charge in [-0.15, -0.1) is 0 Å². The molecule has 0 aromatic carbocycles. The van der Waals surface area contributed by atoms with E-state index < -0.39 is 10.1 Å². The van der Waals surface area contributed by atoms with Gasteiger partial charge in [0.2, 0.25) is 0 Å². The summed E-state index contributed by atoms with van der Waals surface area (Å²) in [4.78, 5) is 0. The van der Waals surface area contributed by atoms with E-state index in [1.807, 2.05) is 6.92 Å². The van der Waals surface area contributed by atoms with Crippen molar-refractivity contribution in [3.8, 4) is 0 Å². The SMILES string of the molecule is C[C@@H](CCI)CS(=O)(=O)O. The van der Waals surface area contributed by atoms with Gasteiger partial charge in [-0.2, -0.15) is 8.42 Å². The zero-order chi connectivity index (χ0) is 8.20. The number of hydrogen-bond acceptors (Lipinski definition) is 2. The average molecular weight is 278 g/mol. The van der Waals surface area contributed by atoms with E-state index in [4.69, 9.17) is 4.55 Å². The quantitative estimate of drug-likeness (QED) is 0.479. The van der Waals surface area contributed by atoms with Crippen LogP contribution in [0.5, 0.6) is 0 Å². The van der Waals surface area contributed by atoms with E-state index in [0.29, 0.717) is 0 Å². The standard InChI is InChI=1S/C5H11IO3S/c1-5(2-3-6)4-10(7,8)9/h5H,2-4H2,1H3,(H,7,8,9)/t5-/m0/s1. The molecule has 10 heavy (non-hydrogen) atoms. The molecule has 0 aromatic heterocycles. The zero-order valence-electron chi connectivity index (χ0n) is 5.75. The Morgan fingerprint density at radius 3 is 2.40 bits per heavy atom. The Hall–Kier alpha value is 0.640. The molecule has 0 radical (unpaired) electrons. The first-order valence-electron chi connectivity index (χ1n) is 2.97. The molecule has 0 aliphatic rings. The van der Waals surface area contributed by atoms with Crippen LogP contribution in [0.2, 0.25) is 0 Å². The molecular formula is C5H11IO3S. The van der Waals surface area contributed by atoms with E-state index in [9.17, 15) is 8.42 Å². The largest absolute Gasteiger partial charge is 0.286 e. The first-order valence-corrected chi connectivity index (χ1v) is 6.10. The Labute approximate surface area is 75.1 Å². The van der Waals surface area contributed by atoms with Crippen molar-refractivity contribution >= 4 is 32.7 Å². The van der Waals surface area contributed by atoms with Crippen molar-refractivity contribution in [2.75, 3.05) is 10.2 Å². The third kappa shape index (κ3) is 6.76. The molecule has 0 saturated carbocycles. The first kappa shape index (κ1) is 10.6. The Morgan fingerprint density at radius 2 is 2.10 bits per heavy atom. The van der Waals surface area contributed by atoms with Gasteiger partial charge >= 0.3 is 0 Å². The zero-order valence-corrected chi connectivity index (χ0v) is 8.72. The van der Waals surface area contributed by atoms with Crippen LogP contribution in [0, 0.1) is 5.92 Å². The predicted molar refractivity (Wildman–Crippen MR) is 49.1 cm³/mol. The fourth-order valence-corrected chi connectivity index (χ4v) is 2.58. The third-order valence-corrected chi connectivity index (χ3v) is 2.71. The molecule has 1 N–H and O–H groups in total. The molecule has 0 aliphatic carbocycles. The van der Waals surface area contributed by atoms with Gasteiger partial charge in [0.15, 0.2) is 0 Å². The maximum Gasteiger partial charge on any atom is 0.265 e. The highest BCUT2D eigenvalue weighted by Gasteiger charge is 2.10. The van der Waals surface area contributed by atoms with Gasteiger partial charge in [0.05, 0.1) is 5.75 Å². The van der Waals surface area contributed by atoms with E-state index in [0.717, 1.165) is 10.8 Å². The van der Waals surface area contributed by atoms with Crippen LogP contribution in [0.4, 0.5) is 0 Å². The number of alkyl halides is 1. The third-order valence-electron chi connectivity index (χ3n) is 1.10. The molecule has 0 aliphatic heterocycles. The van der Waals surface area contributed by atoms with Gasteiger partial charge in [-0.3, -0.25) is 4.55 Å². The summed E-state index contributed by atoms with van der Waals surface area (Å²) in [5.74, 6) is -0.0531. The highest BCUT2D eigenvalue weighted by atomic mass is 127. The van der Waals surface area contributed by atoms with Gasteiger partial charge in [-0.05, 0) is 16.8 Å². The predicted octanol–water partition coefficient (Wildman–Crippen LogP) is 1.34. The van der Waals surface area contributed by atoms with E-state index in [-0.39, 0.29) is 11.7 Å². The van der Waals surface area contributed by atoms with Crippen molar-refractivity contribution < 1.29 is 13.0 Å². The molecule has 62 valence electrons. The summed E-state index contributed by atoms with van der Waals surface area (Å²) in [6.45, 7) is 1.81. The molecule has 0 fully saturated rings. The molecule has 0 saturated heterocycles. The molecule has 0 unspecified atom stereocenters. The lowest BCUT2D eigenvalue weighted by molar-refractivity contribution is 0.468. The molecule has 1 atom stereocenters. The summed E-state index contributed by atoms with van der Waals surface area (Å²) in [6, 6.07) is 0. The highest BCUT2D eigenvalue weighted by Crippen LogP contribution is 2.06. The maximum absolute atomic E-state index is 10.3. The Bertz CT molecular complexity index is 175. The van der Waals surface area contributed by atoms with E-state index >= 15 is 0 Å². The van der Waals surface area contributed by atoms with Gasteiger partial charge in [0.1, 0.15) is 0 Å². The lowest BCUT2D eigenvalue weighted by Gasteiger charge is -2.04. The van der Waals surface area contributed by atoms with Gasteiger partial charge in [0, 0.05) is 0 Å². The van der Waals surface area contributed by atoms with Crippen molar-refractivity contribution in [1.29, 1.82) is 0 Å². The van der Waals surface area contributed by atoms with E-state index in [1.165, 1.54) is 0 Å².